The Morgan fingerprint density at radius 1 is 1.00 bits per heavy atom. The molecule has 0 bridgehead atoms. The molecule has 2 aromatic carbocycles. The molecule has 0 amide bonds. The Morgan fingerprint density at radius 2 is 1.70 bits per heavy atom. The monoisotopic (exact) mass is 335 g/mol. The Kier molecular flexibility index (Phi) is 4.87. The van der Waals surface area contributed by atoms with Gasteiger partial charge < -0.3 is 10.5 Å². The van der Waals surface area contributed by atoms with Crippen LogP contribution in [0.3, 0.4) is 0 Å². The number of anilines is 1. The van der Waals surface area contributed by atoms with Crippen LogP contribution in [0.25, 0.3) is 0 Å². The first-order valence-electron chi connectivity index (χ1n) is 7.55. The predicted octanol–water partition coefficient (Wildman–Crippen LogP) is 4.46. The van der Waals surface area contributed by atoms with Gasteiger partial charge in [0.15, 0.2) is 0 Å². The second-order valence-corrected chi connectivity index (χ2v) is 6.86. The van der Waals surface area contributed by atoms with E-state index < -0.39 is 17.8 Å². The average molecular weight is 335 g/mol. The highest BCUT2D eigenvalue weighted by Crippen LogP contribution is 2.57. The summed E-state index contributed by atoms with van der Waals surface area (Å²) in [6.07, 6.45) is 0. The number of nitrogens with two attached hydrogens (primary N) is 1. The van der Waals surface area contributed by atoms with Crippen molar-refractivity contribution in [2.24, 2.45) is 11.8 Å². The third-order valence-electron chi connectivity index (χ3n) is 4.08. The van der Waals surface area contributed by atoms with Crippen LogP contribution in [0.2, 0.25) is 0 Å². The van der Waals surface area contributed by atoms with Gasteiger partial charge in [-0.15, -0.1) is 11.8 Å². The molecule has 2 nitrogen and oxygen atoms in total. The maximum Gasteiger partial charge on any atom is 0.257 e. The maximum absolute atomic E-state index is 13.8. The van der Waals surface area contributed by atoms with E-state index >= 15 is 0 Å². The first-order valence-corrected chi connectivity index (χ1v) is 8.54. The molecule has 5 heteroatoms. The third kappa shape index (κ3) is 4.03. The lowest BCUT2D eigenvalue weighted by atomic mass is 10.2. The van der Waals surface area contributed by atoms with Gasteiger partial charge in [-0.1, -0.05) is 30.3 Å². The van der Waals surface area contributed by atoms with E-state index in [1.807, 2.05) is 42.5 Å². The van der Waals surface area contributed by atoms with Crippen molar-refractivity contribution in [2.75, 3.05) is 18.1 Å². The fourth-order valence-corrected chi connectivity index (χ4v) is 3.70. The van der Waals surface area contributed by atoms with Crippen molar-refractivity contribution in [3.05, 3.63) is 60.2 Å². The summed E-state index contributed by atoms with van der Waals surface area (Å²) < 4.78 is 33.2. The number of benzene rings is 2. The molecule has 2 aromatic rings. The fraction of sp³-hybridized carbons (Fsp3) is 0.333. The Balaban J connectivity index is 1.44. The molecule has 1 aliphatic carbocycles. The van der Waals surface area contributed by atoms with Gasteiger partial charge in [-0.3, -0.25) is 0 Å². The first-order chi connectivity index (χ1) is 11.1. The van der Waals surface area contributed by atoms with Crippen LogP contribution in [-0.4, -0.2) is 18.3 Å². The van der Waals surface area contributed by atoms with E-state index in [1.54, 1.807) is 12.1 Å². The van der Waals surface area contributed by atoms with Gasteiger partial charge in [-0.2, -0.15) is 0 Å². The molecule has 0 saturated heterocycles. The SMILES string of the molecule is Nc1ccc(SC[C@H]2[C@H](COCc3ccccc3)C2(F)F)cc1. The highest BCUT2D eigenvalue weighted by atomic mass is 32.2. The smallest absolute Gasteiger partial charge is 0.257 e. The summed E-state index contributed by atoms with van der Waals surface area (Å²) in [5, 5.41) is 0. The molecule has 0 radical (unpaired) electrons. The minimum Gasteiger partial charge on any atom is -0.399 e. The van der Waals surface area contributed by atoms with Crippen LogP contribution in [0, 0.1) is 11.8 Å². The predicted molar refractivity (Wildman–Crippen MR) is 89.6 cm³/mol. The van der Waals surface area contributed by atoms with Crippen molar-refractivity contribution in [2.45, 2.75) is 17.4 Å². The Hall–Kier alpha value is -1.59. The van der Waals surface area contributed by atoms with Gasteiger partial charge in [0.2, 0.25) is 0 Å². The Morgan fingerprint density at radius 3 is 2.39 bits per heavy atom. The van der Waals surface area contributed by atoms with Crippen LogP contribution in [-0.2, 0) is 11.3 Å². The number of hydrogen-bond acceptors (Lipinski definition) is 3. The lowest BCUT2D eigenvalue weighted by molar-refractivity contribution is 0.0467. The molecule has 23 heavy (non-hydrogen) atoms. The summed E-state index contributed by atoms with van der Waals surface area (Å²) in [6, 6.07) is 16.9. The molecular formula is C18H19F2NOS. The van der Waals surface area contributed by atoms with Gasteiger partial charge in [-0.25, -0.2) is 8.78 Å². The Bertz CT molecular complexity index is 633. The number of alkyl halides is 2. The van der Waals surface area contributed by atoms with Crippen molar-refractivity contribution >= 4 is 17.4 Å². The molecule has 0 aliphatic heterocycles. The zero-order valence-electron chi connectivity index (χ0n) is 12.6. The molecule has 2 N–H and O–H groups in total. The van der Waals surface area contributed by atoms with Gasteiger partial charge in [-0.05, 0) is 29.8 Å². The summed E-state index contributed by atoms with van der Waals surface area (Å²) in [7, 11) is 0. The van der Waals surface area contributed by atoms with Gasteiger partial charge in [0.1, 0.15) is 0 Å². The number of nitrogen functional groups attached to an aromatic ring is 1. The highest BCUT2D eigenvalue weighted by molar-refractivity contribution is 7.99. The average Bonchev–Trinajstić information content (AvgIpc) is 3.08. The van der Waals surface area contributed by atoms with Crippen molar-refractivity contribution in [1.29, 1.82) is 0 Å². The topological polar surface area (TPSA) is 35.2 Å². The minimum atomic E-state index is -2.61. The zero-order chi connectivity index (χ0) is 16.3. The van der Waals surface area contributed by atoms with Crippen molar-refractivity contribution in [3.8, 4) is 0 Å². The standard InChI is InChI=1S/C18H19F2NOS/c19-18(20)16(11-22-10-13-4-2-1-3-5-13)17(18)12-23-15-8-6-14(21)7-9-15/h1-9,16-17H,10-12,21H2/t16-,17-/m0/s1. The van der Waals surface area contributed by atoms with E-state index in [1.165, 1.54) is 11.8 Å². The molecule has 0 heterocycles. The van der Waals surface area contributed by atoms with Gasteiger partial charge in [0.05, 0.1) is 19.1 Å². The second-order valence-electron chi connectivity index (χ2n) is 5.77. The van der Waals surface area contributed by atoms with Crippen LogP contribution >= 0.6 is 11.8 Å². The van der Waals surface area contributed by atoms with E-state index in [9.17, 15) is 8.78 Å². The molecular weight excluding hydrogens is 316 g/mol. The summed E-state index contributed by atoms with van der Waals surface area (Å²) in [5.41, 5.74) is 7.30. The second kappa shape index (κ2) is 6.89. The van der Waals surface area contributed by atoms with Gasteiger partial charge in [0, 0.05) is 22.3 Å². The van der Waals surface area contributed by atoms with Gasteiger partial charge >= 0.3 is 0 Å². The molecule has 0 aromatic heterocycles. The van der Waals surface area contributed by atoms with E-state index in [4.69, 9.17) is 10.5 Å². The molecule has 0 unspecified atom stereocenters. The summed E-state index contributed by atoms with van der Waals surface area (Å²) in [4.78, 5) is 0.964. The fourth-order valence-electron chi connectivity index (χ4n) is 2.54. The highest BCUT2D eigenvalue weighted by Gasteiger charge is 2.67. The van der Waals surface area contributed by atoms with Crippen molar-refractivity contribution in [3.63, 3.8) is 0 Å². The van der Waals surface area contributed by atoms with Crippen LogP contribution in [0.5, 0.6) is 0 Å². The lowest BCUT2D eigenvalue weighted by Crippen LogP contribution is -2.03. The molecule has 2 atom stereocenters. The number of rotatable bonds is 7. The van der Waals surface area contributed by atoms with Crippen LogP contribution < -0.4 is 5.73 Å². The van der Waals surface area contributed by atoms with E-state index in [-0.39, 0.29) is 6.61 Å². The van der Waals surface area contributed by atoms with Gasteiger partial charge in [0.25, 0.3) is 5.92 Å². The van der Waals surface area contributed by atoms with E-state index in [2.05, 4.69) is 0 Å². The van der Waals surface area contributed by atoms with Crippen LogP contribution in [0.1, 0.15) is 5.56 Å². The maximum atomic E-state index is 13.8. The molecule has 1 aliphatic rings. The zero-order valence-corrected chi connectivity index (χ0v) is 13.4. The summed E-state index contributed by atoms with van der Waals surface area (Å²) in [6.45, 7) is 0.486. The number of halogens is 2. The third-order valence-corrected chi connectivity index (χ3v) is 5.22. The molecule has 3 rings (SSSR count). The Labute approximate surface area is 139 Å². The molecule has 1 fully saturated rings. The van der Waals surface area contributed by atoms with E-state index in [0.717, 1.165) is 10.5 Å². The molecule has 0 spiro atoms. The van der Waals surface area contributed by atoms with Crippen LogP contribution in [0.4, 0.5) is 14.5 Å². The largest absolute Gasteiger partial charge is 0.399 e. The lowest BCUT2D eigenvalue weighted by Gasteiger charge is -2.03. The molecule has 122 valence electrons. The summed E-state index contributed by atoms with van der Waals surface area (Å²) in [5.74, 6) is -3.50. The van der Waals surface area contributed by atoms with Crippen molar-refractivity contribution < 1.29 is 13.5 Å². The quantitative estimate of drug-likeness (QED) is 0.599. The minimum absolute atomic E-state index is 0.106. The normalized spacial score (nSPS) is 22.0. The van der Waals surface area contributed by atoms with Crippen LogP contribution in [0.15, 0.2) is 59.5 Å². The number of thioether (sulfide) groups is 1. The van der Waals surface area contributed by atoms with E-state index in [0.29, 0.717) is 18.0 Å². The number of ether oxygens (including phenoxy) is 1. The number of hydrogen-bond donors (Lipinski definition) is 1. The summed E-state index contributed by atoms with van der Waals surface area (Å²) >= 11 is 1.44. The first kappa shape index (κ1) is 16.3. The van der Waals surface area contributed by atoms with Crippen molar-refractivity contribution in [1.82, 2.24) is 0 Å². The molecule has 1 saturated carbocycles.